The maximum Gasteiger partial charge on any atom is 0.281 e. The molecule has 2 aromatic rings. The lowest BCUT2D eigenvalue weighted by atomic mass is 10.0. The number of ketones is 1. The van der Waals surface area contributed by atoms with Crippen LogP contribution in [0.25, 0.3) is 0 Å². The highest BCUT2D eigenvalue weighted by atomic mass is 35.5. The molecule has 0 heterocycles. The molecule has 7 heteroatoms. The predicted molar refractivity (Wildman–Crippen MR) is 72.5 cm³/mol. The lowest BCUT2D eigenvalue weighted by molar-refractivity contribution is -0.385. The third kappa shape index (κ3) is 3.41. The van der Waals surface area contributed by atoms with Crippen LogP contribution in [0.1, 0.15) is 15.9 Å². The minimum atomic E-state index is -1.08. The van der Waals surface area contributed by atoms with E-state index in [0.29, 0.717) is 0 Å². The zero-order valence-electron chi connectivity index (χ0n) is 10.5. The van der Waals surface area contributed by atoms with Gasteiger partial charge in [0, 0.05) is 17.5 Å². The van der Waals surface area contributed by atoms with Crippen molar-refractivity contribution in [1.29, 1.82) is 0 Å². The molecule has 4 nitrogen and oxygen atoms in total. The number of halogens is 3. The normalized spacial score (nSPS) is 10.4. The van der Waals surface area contributed by atoms with Crippen molar-refractivity contribution in [2.45, 2.75) is 6.42 Å². The van der Waals surface area contributed by atoms with E-state index in [1.165, 1.54) is 18.2 Å². The number of Topliss-reactive ketones (excluding diaryl/α,β-unsaturated/α-hetero) is 1. The third-order valence-corrected chi connectivity index (χ3v) is 3.04. The third-order valence-electron chi connectivity index (χ3n) is 2.81. The second-order valence-corrected chi connectivity index (χ2v) is 4.70. The molecule has 21 heavy (non-hydrogen) atoms. The molecule has 0 spiro atoms. The SMILES string of the molecule is O=C(Cc1ccc(F)c(F)c1)c1ccc(Cl)cc1[N+](=O)[O-]. The minimum Gasteiger partial charge on any atom is -0.294 e. The monoisotopic (exact) mass is 311 g/mol. The molecule has 0 bridgehead atoms. The van der Waals surface area contributed by atoms with Gasteiger partial charge in [0.15, 0.2) is 17.4 Å². The van der Waals surface area contributed by atoms with Crippen LogP contribution in [0.4, 0.5) is 14.5 Å². The summed E-state index contributed by atoms with van der Waals surface area (Å²) < 4.78 is 25.9. The first-order valence-corrected chi connectivity index (χ1v) is 6.17. The summed E-state index contributed by atoms with van der Waals surface area (Å²) in [4.78, 5) is 22.3. The molecule has 0 aromatic heterocycles. The van der Waals surface area contributed by atoms with Gasteiger partial charge in [-0.05, 0) is 29.8 Å². The van der Waals surface area contributed by atoms with E-state index in [0.717, 1.165) is 18.2 Å². The van der Waals surface area contributed by atoms with Crippen molar-refractivity contribution in [3.8, 4) is 0 Å². The van der Waals surface area contributed by atoms with E-state index >= 15 is 0 Å². The molecule has 0 saturated carbocycles. The van der Waals surface area contributed by atoms with Crippen LogP contribution in [0.2, 0.25) is 5.02 Å². The first-order chi connectivity index (χ1) is 9.88. The highest BCUT2D eigenvalue weighted by Crippen LogP contribution is 2.24. The second-order valence-electron chi connectivity index (χ2n) is 4.27. The number of carbonyl (C=O) groups is 1. The Morgan fingerprint density at radius 3 is 2.48 bits per heavy atom. The first kappa shape index (κ1) is 15.1. The van der Waals surface area contributed by atoms with E-state index in [9.17, 15) is 23.7 Å². The first-order valence-electron chi connectivity index (χ1n) is 5.79. The van der Waals surface area contributed by atoms with Crippen molar-refractivity contribution in [2.75, 3.05) is 0 Å². The molecule has 0 aliphatic carbocycles. The summed E-state index contributed by atoms with van der Waals surface area (Å²) in [7, 11) is 0. The van der Waals surface area contributed by atoms with Gasteiger partial charge in [0.25, 0.3) is 5.69 Å². The minimum absolute atomic E-state index is 0.130. The Hall–Kier alpha value is -2.34. The maximum absolute atomic E-state index is 13.1. The highest BCUT2D eigenvalue weighted by Gasteiger charge is 2.21. The van der Waals surface area contributed by atoms with Crippen LogP contribution in [-0.2, 0) is 6.42 Å². The molecular formula is C14H8ClF2NO3. The summed E-state index contributed by atoms with van der Waals surface area (Å²) in [6.45, 7) is 0. The molecule has 108 valence electrons. The van der Waals surface area contributed by atoms with Crippen LogP contribution in [0, 0.1) is 21.7 Å². The summed E-state index contributed by atoms with van der Waals surface area (Å²) in [5.41, 5.74) is -0.327. The number of benzene rings is 2. The standard InChI is InChI=1S/C14H8ClF2NO3/c15-9-2-3-10(13(7-9)18(20)21)14(19)6-8-1-4-11(16)12(17)5-8/h1-5,7H,6H2. The zero-order chi connectivity index (χ0) is 15.6. The van der Waals surface area contributed by atoms with E-state index in [-0.39, 0.29) is 22.6 Å². The van der Waals surface area contributed by atoms with Gasteiger partial charge in [0.1, 0.15) is 0 Å². The summed E-state index contributed by atoms with van der Waals surface area (Å²) in [5, 5.41) is 11.0. The van der Waals surface area contributed by atoms with Crippen molar-refractivity contribution in [2.24, 2.45) is 0 Å². The van der Waals surface area contributed by atoms with Gasteiger partial charge in [-0.25, -0.2) is 8.78 Å². The quantitative estimate of drug-likeness (QED) is 0.488. The van der Waals surface area contributed by atoms with Crippen molar-refractivity contribution >= 4 is 23.1 Å². The van der Waals surface area contributed by atoms with E-state index in [2.05, 4.69) is 0 Å². The fraction of sp³-hybridized carbons (Fsp3) is 0.0714. The topological polar surface area (TPSA) is 60.2 Å². The smallest absolute Gasteiger partial charge is 0.281 e. The van der Waals surface area contributed by atoms with Gasteiger partial charge in [-0.15, -0.1) is 0 Å². The van der Waals surface area contributed by atoms with Gasteiger partial charge < -0.3 is 0 Å². The number of carbonyl (C=O) groups excluding carboxylic acids is 1. The number of nitro groups is 1. The Labute approximate surface area is 123 Å². The number of rotatable bonds is 4. The van der Waals surface area contributed by atoms with Crippen molar-refractivity contribution in [1.82, 2.24) is 0 Å². The van der Waals surface area contributed by atoms with Crippen LogP contribution in [-0.4, -0.2) is 10.7 Å². The van der Waals surface area contributed by atoms with E-state index < -0.39 is 28.0 Å². The Bertz CT molecular complexity index is 734. The van der Waals surface area contributed by atoms with Crippen LogP contribution < -0.4 is 0 Å². The molecule has 2 aromatic carbocycles. The van der Waals surface area contributed by atoms with Gasteiger partial charge in [-0.2, -0.15) is 0 Å². The van der Waals surface area contributed by atoms with Crippen LogP contribution >= 0.6 is 11.6 Å². The van der Waals surface area contributed by atoms with Crippen LogP contribution in [0.5, 0.6) is 0 Å². The summed E-state index contributed by atoms with van der Waals surface area (Å²) >= 11 is 5.66. The molecule has 0 radical (unpaired) electrons. The predicted octanol–water partition coefficient (Wildman–Crippen LogP) is 3.95. The van der Waals surface area contributed by atoms with Gasteiger partial charge in [-0.3, -0.25) is 14.9 Å². The Balaban J connectivity index is 2.32. The van der Waals surface area contributed by atoms with Crippen LogP contribution in [0.3, 0.4) is 0 Å². The summed E-state index contributed by atoms with van der Waals surface area (Å²) in [5.74, 6) is -2.68. The average Bonchev–Trinajstić information content (AvgIpc) is 2.42. The molecule has 0 fully saturated rings. The molecule has 0 amide bonds. The van der Waals surface area contributed by atoms with Crippen molar-refractivity contribution in [3.63, 3.8) is 0 Å². The van der Waals surface area contributed by atoms with Crippen molar-refractivity contribution in [3.05, 3.63) is 74.3 Å². The van der Waals surface area contributed by atoms with E-state index in [4.69, 9.17) is 11.6 Å². The summed E-state index contributed by atoms with van der Waals surface area (Å²) in [6, 6.07) is 6.69. The zero-order valence-corrected chi connectivity index (χ0v) is 11.2. The van der Waals surface area contributed by atoms with Gasteiger partial charge in [0.2, 0.25) is 0 Å². The maximum atomic E-state index is 13.1. The molecular weight excluding hydrogens is 304 g/mol. The number of nitro benzene ring substituents is 1. The average molecular weight is 312 g/mol. The lowest BCUT2D eigenvalue weighted by Crippen LogP contribution is -2.07. The fourth-order valence-corrected chi connectivity index (χ4v) is 1.99. The van der Waals surface area contributed by atoms with Gasteiger partial charge >= 0.3 is 0 Å². The van der Waals surface area contributed by atoms with Gasteiger partial charge in [0.05, 0.1) is 10.5 Å². The van der Waals surface area contributed by atoms with E-state index in [1.54, 1.807) is 0 Å². The Morgan fingerprint density at radius 1 is 1.14 bits per heavy atom. The molecule has 0 atom stereocenters. The molecule has 0 N–H and O–H groups in total. The van der Waals surface area contributed by atoms with Crippen LogP contribution in [0.15, 0.2) is 36.4 Å². The highest BCUT2D eigenvalue weighted by molar-refractivity contribution is 6.31. The lowest BCUT2D eigenvalue weighted by Gasteiger charge is -2.04. The second kappa shape index (κ2) is 5.97. The fourth-order valence-electron chi connectivity index (χ4n) is 1.82. The van der Waals surface area contributed by atoms with E-state index in [1.807, 2.05) is 0 Å². The van der Waals surface area contributed by atoms with Gasteiger partial charge in [-0.1, -0.05) is 17.7 Å². The molecule has 0 aliphatic rings. The molecule has 0 saturated heterocycles. The summed E-state index contributed by atoms with van der Waals surface area (Å²) in [6.07, 6.45) is -0.278. The number of hydrogen-bond donors (Lipinski definition) is 0. The molecule has 0 unspecified atom stereocenters. The molecule has 0 aliphatic heterocycles. The largest absolute Gasteiger partial charge is 0.294 e. The molecule has 2 rings (SSSR count). The number of nitrogens with zero attached hydrogens (tertiary/aromatic N) is 1. The Kier molecular flexibility index (Phi) is 4.28. The van der Waals surface area contributed by atoms with Crippen molar-refractivity contribution < 1.29 is 18.5 Å². The number of hydrogen-bond acceptors (Lipinski definition) is 3. The Morgan fingerprint density at radius 2 is 1.86 bits per heavy atom.